The number of aliphatic hydroxyl groups excluding tert-OH is 1. The van der Waals surface area contributed by atoms with Crippen molar-refractivity contribution in [3.63, 3.8) is 0 Å². The van der Waals surface area contributed by atoms with E-state index in [9.17, 15) is 0 Å². The van der Waals surface area contributed by atoms with E-state index in [0.29, 0.717) is 0 Å². The van der Waals surface area contributed by atoms with Crippen molar-refractivity contribution >= 4 is 0 Å². The lowest BCUT2D eigenvalue weighted by atomic mass is 10.4. The van der Waals surface area contributed by atoms with Gasteiger partial charge in [-0.2, -0.15) is 0 Å². The number of nitrogens with one attached hydrogen (secondary N) is 2. The highest BCUT2D eigenvalue weighted by atomic mass is 16.3. The second-order valence-electron chi connectivity index (χ2n) is 1.48. The number of hydrogen-bond acceptors (Lipinski definition) is 3. The standard InChI is InChI=1S/C4H12N2O/c1-4(3-7)6-5-2/h4-7H,3H2,1-2H3/t4-/m1/s1. The van der Waals surface area contributed by atoms with Crippen LogP contribution < -0.4 is 10.9 Å². The molecule has 0 heterocycles. The Morgan fingerprint density at radius 3 is 2.43 bits per heavy atom. The molecule has 0 saturated carbocycles. The summed E-state index contributed by atoms with van der Waals surface area (Å²) in [5.74, 6) is 0. The molecule has 0 bridgehead atoms. The first kappa shape index (κ1) is 6.88. The van der Waals surface area contributed by atoms with Crippen LogP contribution in [0.5, 0.6) is 0 Å². The average Bonchev–Trinajstić information content (AvgIpc) is 1.68. The third kappa shape index (κ3) is 3.72. The molecule has 0 radical (unpaired) electrons. The molecule has 3 nitrogen and oxygen atoms in total. The predicted molar refractivity (Wildman–Crippen MR) is 28.7 cm³/mol. The molecule has 44 valence electrons. The van der Waals surface area contributed by atoms with E-state index in [4.69, 9.17) is 5.11 Å². The number of hydrogen-bond donors (Lipinski definition) is 3. The van der Waals surface area contributed by atoms with Crippen molar-refractivity contribution in [2.75, 3.05) is 13.7 Å². The van der Waals surface area contributed by atoms with Gasteiger partial charge in [-0.05, 0) is 14.0 Å². The van der Waals surface area contributed by atoms with Crippen LogP contribution >= 0.6 is 0 Å². The summed E-state index contributed by atoms with van der Waals surface area (Å²) in [5.41, 5.74) is 5.50. The van der Waals surface area contributed by atoms with Crippen molar-refractivity contribution in [1.29, 1.82) is 0 Å². The van der Waals surface area contributed by atoms with Crippen LogP contribution in [0, 0.1) is 0 Å². The zero-order valence-electron chi connectivity index (χ0n) is 4.73. The van der Waals surface area contributed by atoms with Crippen molar-refractivity contribution in [1.82, 2.24) is 10.9 Å². The van der Waals surface area contributed by atoms with Gasteiger partial charge in [0, 0.05) is 6.04 Å². The Bertz CT molecular complexity index is 40.7. The molecule has 0 unspecified atom stereocenters. The van der Waals surface area contributed by atoms with Crippen LogP contribution in [0.15, 0.2) is 0 Å². The first-order valence-corrected chi connectivity index (χ1v) is 2.34. The molecule has 3 N–H and O–H groups in total. The molecule has 1 atom stereocenters. The third-order valence-electron chi connectivity index (χ3n) is 0.665. The largest absolute Gasteiger partial charge is 0.395 e. The fraction of sp³-hybridized carbons (Fsp3) is 1.00. The predicted octanol–water partition coefficient (Wildman–Crippen LogP) is -0.909. The highest BCUT2D eigenvalue weighted by Crippen LogP contribution is 1.70. The first-order chi connectivity index (χ1) is 3.31. The Morgan fingerprint density at radius 2 is 2.29 bits per heavy atom. The summed E-state index contributed by atoms with van der Waals surface area (Å²) in [5, 5.41) is 8.36. The maximum Gasteiger partial charge on any atom is 0.0595 e. The molecule has 0 aliphatic heterocycles. The van der Waals surface area contributed by atoms with Gasteiger partial charge in [0.1, 0.15) is 0 Å². The van der Waals surface area contributed by atoms with Crippen molar-refractivity contribution < 1.29 is 5.11 Å². The Balaban J connectivity index is 2.83. The summed E-state index contributed by atoms with van der Waals surface area (Å²) in [7, 11) is 1.77. The first-order valence-electron chi connectivity index (χ1n) is 2.34. The van der Waals surface area contributed by atoms with Gasteiger partial charge in [0.05, 0.1) is 6.61 Å². The lowest BCUT2D eigenvalue weighted by molar-refractivity contribution is 0.243. The summed E-state index contributed by atoms with van der Waals surface area (Å²) in [6, 6.07) is 0.144. The van der Waals surface area contributed by atoms with E-state index in [0.717, 1.165) is 0 Å². The summed E-state index contributed by atoms with van der Waals surface area (Å²) in [4.78, 5) is 0. The Labute approximate surface area is 43.7 Å². The minimum Gasteiger partial charge on any atom is -0.395 e. The normalized spacial score (nSPS) is 14.1. The minimum atomic E-state index is 0.144. The van der Waals surface area contributed by atoms with E-state index in [1.807, 2.05) is 6.92 Å². The van der Waals surface area contributed by atoms with Crippen LogP contribution in [-0.4, -0.2) is 24.8 Å². The van der Waals surface area contributed by atoms with Gasteiger partial charge in [-0.15, -0.1) is 0 Å². The molecule has 0 aromatic carbocycles. The molecule has 0 saturated heterocycles. The van der Waals surface area contributed by atoms with Crippen LogP contribution in [-0.2, 0) is 0 Å². The van der Waals surface area contributed by atoms with E-state index in [1.165, 1.54) is 0 Å². The molecule has 3 heteroatoms. The molecular weight excluding hydrogens is 92.1 g/mol. The lowest BCUT2D eigenvalue weighted by Crippen LogP contribution is -2.38. The van der Waals surface area contributed by atoms with Crippen molar-refractivity contribution in [2.24, 2.45) is 0 Å². The highest BCUT2D eigenvalue weighted by molar-refractivity contribution is 4.49. The fourth-order valence-electron chi connectivity index (χ4n) is 0.292. The zero-order chi connectivity index (χ0) is 5.70. The number of aliphatic hydroxyl groups is 1. The summed E-state index contributed by atoms with van der Waals surface area (Å²) in [6.45, 7) is 2.05. The van der Waals surface area contributed by atoms with Crippen LogP contribution in [0.2, 0.25) is 0 Å². The van der Waals surface area contributed by atoms with E-state index < -0.39 is 0 Å². The summed E-state index contributed by atoms with van der Waals surface area (Å²) in [6.07, 6.45) is 0. The number of rotatable bonds is 3. The second-order valence-corrected chi connectivity index (χ2v) is 1.48. The monoisotopic (exact) mass is 104 g/mol. The van der Waals surface area contributed by atoms with Crippen LogP contribution in [0.25, 0.3) is 0 Å². The maximum atomic E-state index is 8.36. The van der Waals surface area contributed by atoms with E-state index >= 15 is 0 Å². The van der Waals surface area contributed by atoms with Gasteiger partial charge in [-0.3, -0.25) is 10.9 Å². The SMILES string of the molecule is CNN[C@H](C)CO. The molecule has 0 fully saturated rings. The Morgan fingerprint density at radius 1 is 1.71 bits per heavy atom. The quantitative estimate of drug-likeness (QED) is 0.406. The van der Waals surface area contributed by atoms with Gasteiger partial charge in [0.15, 0.2) is 0 Å². The molecule has 0 amide bonds. The van der Waals surface area contributed by atoms with E-state index in [1.54, 1.807) is 7.05 Å². The molecule has 0 aromatic heterocycles. The highest BCUT2D eigenvalue weighted by Gasteiger charge is 1.91. The molecule has 0 aromatic rings. The smallest absolute Gasteiger partial charge is 0.0595 e. The Kier molecular flexibility index (Phi) is 3.98. The zero-order valence-corrected chi connectivity index (χ0v) is 4.73. The molecule has 0 aliphatic carbocycles. The molecule has 0 aliphatic rings. The number of hydrazine groups is 1. The fourth-order valence-corrected chi connectivity index (χ4v) is 0.292. The summed E-state index contributed by atoms with van der Waals surface area (Å²) >= 11 is 0. The minimum absolute atomic E-state index is 0.144. The van der Waals surface area contributed by atoms with Crippen LogP contribution in [0.1, 0.15) is 6.92 Å². The lowest BCUT2D eigenvalue weighted by Gasteiger charge is -2.06. The van der Waals surface area contributed by atoms with Crippen molar-refractivity contribution in [3.8, 4) is 0 Å². The van der Waals surface area contributed by atoms with E-state index in [-0.39, 0.29) is 12.6 Å². The van der Waals surface area contributed by atoms with Gasteiger partial charge in [-0.25, -0.2) is 0 Å². The average molecular weight is 104 g/mol. The van der Waals surface area contributed by atoms with Crippen molar-refractivity contribution in [2.45, 2.75) is 13.0 Å². The topological polar surface area (TPSA) is 44.3 Å². The van der Waals surface area contributed by atoms with Gasteiger partial charge < -0.3 is 5.11 Å². The molecule has 0 rings (SSSR count). The van der Waals surface area contributed by atoms with Gasteiger partial charge in [-0.1, -0.05) is 0 Å². The van der Waals surface area contributed by atoms with Crippen molar-refractivity contribution in [3.05, 3.63) is 0 Å². The van der Waals surface area contributed by atoms with Crippen LogP contribution in [0.3, 0.4) is 0 Å². The molecule has 0 spiro atoms. The van der Waals surface area contributed by atoms with Gasteiger partial charge in [0.2, 0.25) is 0 Å². The maximum absolute atomic E-state index is 8.36. The molecular formula is C4H12N2O. The van der Waals surface area contributed by atoms with E-state index in [2.05, 4.69) is 10.9 Å². The third-order valence-corrected chi connectivity index (χ3v) is 0.665. The van der Waals surface area contributed by atoms with Crippen LogP contribution in [0.4, 0.5) is 0 Å². The molecule has 7 heavy (non-hydrogen) atoms. The Hall–Kier alpha value is -0.120. The van der Waals surface area contributed by atoms with Gasteiger partial charge in [0.25, 0.3) is 0 Å². The second kappa shape index (κ2) is 4.05. The summed E-state index contributed by atoms with van der Waals surface area (Å²) < 4.78 is 0. The van der Waals surface area contributed by atoms with Gasteiger partial charge >= 0.3 is 0 Å².